The second-order valence-corrected chi connectivity index (χ2v) is 7.88. The minimum absolute atomic E-state index is 0. The van der Waals surface area contributed by atoms with Crippen LogP contribution in [0.1, 0.15) is 18.7 Å². The van der Waals surface area contributed by atoms with Crippen LogP contribution >= 0.6 is 24.0 Å². The molecule has 4 rings (SSSR count). The molecule has 1 heterocycles. The summed E-state index contributed by atoms with van der Waals surface area (Å²) in [5, 5.41) is 10.8. The van der Waals surface area contributed by atoms with Crippen LogP contribution in [0.4, 0.5) is 23.1 Å². The second-order valence-electron chi connectivity index (χ2n) is 7.45. The van der Waals surface area contributed by atoms with Crippen molar-refractivity contribution in [3.63, 3.8) is 0 Å². The number of nitrogens with one attached hydrogen (secondary N) is 3. The SMILES string of the molecule is COc1cccc2c(Nc3ccc(Cl)cc3)nc(Nc3ccc(C(NC(C)=O)OC)cc3)nc12.Cl. The van der Waals surface area contributed by atoms with Gasteiger partial charge in [0.1, 0.15) is 17.1 Å². The number of hydrogen-bond acceptors (Lipinski definition) is 7. The minimum atomic E-state index is -0.525. The van der Waals surface area contributed by atoms with Crippen molar-refractivity contribution in [2.75, 3.05) is 24.9 Å². The Morgan fingerprint density at radius 3 is 2.20 bits per heavy atom. The van der Waals surface area contributed by atoms with E-state index in [9.17, 15) is 4.79 Å². The van der Waals surface area contributed by atoms with Gasteiger partial charge in [-0.05, 0) is 48.5 Å². The van der Waals surface area contributed by atoms with E-state index in [2.05, 4.69) is 20.9 Å². The van der Waals surface area contributed by atoms with Gasteiger partial charge in [0.05, 0.1) is 7.11 Å². The van der Waals surface area contributed by atoms with Crippen LogP contribution in [0.5, 0.6) is 5.75 Å². The molecule has 3 aromatic carbocycles. The minimum Gasteiger partial charge on any atom is -0.494 e. The molecule has 3 N–H and O–H groups in total. The van der Waals surface area contributed by atoms with E-state index in [1.54, 1.807) is 7.11 Å². The lowest BCUT2D eigenvalue weighted by molar-refractivity contribution is -0.122. The van der Waals surface area contributed by atoms with Gasteiger partial charge in [0.25, 0.3) is 0 Å². The van der Waals surface area contributed by atoms with Gasteiger partial charge in [-0.2, -0.15) is 4.98 Å². The van der Waals surface area contributed by atoms with Gasteiger partial charge in [0, 0.05) is 41.4 Å². The fourth-order valence-corrected chi connectivity index (χ4v) is 3.57. The Hall–Kier alpha value is -3.59. The predicted molar refractivity (Wildman–Crippen MR) is 141 cm³/mol. The number of halogens is 2. The van der Waals surface area contributed by atoms with E-state index in [-0.39, 0.29) is 18.3 Å². The Kier molecular flexibility index (Phi) is 8.70. The van der Waals surface area contributed by atoms with Crippen molar-refractivity contribution in [2.45, 2.75) is 13.2 Å². The molecular weight excluding hydrogens is 489 g/mol. The Morgan fingerprint density at radius 2 is 1.57 bits per heavy atom. The number of fused-ring (bicyclic) bond motifs is 1. The lowest BCUT2D eigenvalue weighted by atomic mass is 10.1. The molecule has 1 aromatic heterocycles. The molecule has 8 nitrogen and oxygen atoms in total. The fraction of sp³-hybridized carbons (Fsp3) is 0.160. The van der Waals surface area contributed by atoms with E-state index in [4.69, 9.17) is 26.1 Å². The third-order valence-electron chi connectivity index (χ3n) is 5.06. The number of carbonyl (C=O) groups excluding carboxylic acids is 1. The lowest BCUT2D eigenvalue weighted by Gasteiger charge is -2.17. The lowest BCUT2D eigenvalue weighted by Crippen LogP contribution is -2.27. The molecule has 0 spiro atoms. The summed E-state index contributed by atoms with van der Waals surface area (Å²) in [5.41, 5.74) is 3.09. The van der Waals surface area contributed by atoms with Crippen molar-refractivity contribution >= 4 is 64.0 Å². The summed E-state index contributed by atoms with van der Waals surface area (Å²) in [7, 11) is 3.15. The van der Waals surface area contributed by atoms with Crippen LogP contribution < -0.4 is 20.7 Å². The molecule has 0 saturated heterocycles. The molecule has 182 valence electrons. The molecule has 0 aliphatic carbocycles. The zero-order chi connectivity index (χ0) is 24.1. The molecule has 1 unspecified atom stereocenters. The summed E-state index contributed by atoms with van der Waals surface area (Å²) in [5.74, 6) is 1.48. The first kappa shape index (κ1) is 26.0. The van der Waals surface area contributed by atoms with Crippen molar-refractivity contribution < 1.29 is 14.3 Å². The second kappa shape index (κ2) is 11.7. The Morgan fingerprint density at radius 1 is 0.914 bits per heavy atom. The Bertz CT molecular complexity index is 1300. The van der Waals surface area contributed by atoms with Gasteiger partial charge in [-0.3, -0.25) is 4.79 Å². The number of carbonyl (C=O) groups is 1. The maximum absolute atomic E-state index is 11.4. The van der Waals surface area contributed by atoms with E-state index >= 15 is 0 Å². The van der Waals surface area contributed by atoms with E-state index in [0.717, 1.165) is 22.3 Å². The number of nitrogens with zero attached hydrogens (tertiary/aromatic N) is 2. The Balaban J connectivity index is 0.00000342. The van der Waals surface area contributed by atoms with E-state index in [1.165, 1.54) is 14.0 Å². The molecule has 0 saturated carbocycles. The molecule has 1 atom stereocenters. The first-order valence-corrected chi connectivity index (χ1v) is 10.9. The number of rotatable bonds is 8. The number of methoxy groups -OCH3 is 2. The zero-order valence-corrected chi connectivity index (χ0v) is 20.9. The van der Waals surface area contributed by atoms with Gasteiger partial charge in [-0.25, -0.2) is 4.98 Å². The zero-order valence-electron chi connectivity index (χ0n) is 19.3. The molecular formula is C25H25Cl2N5O3. The standard InChI is InChI=1S/C25H24ClN5O3.ClH/c1-15(32)27-24(34-3)16-7-11-19(12-8-16)29-25-30-22-20(5-4-6-21(22)33-2)23(31-25)28-18-13-9-17(26)10-14-18;/h4-14,24H,1-3H3,(H,27,32)(H2,28,29,30,31);1H. The van der Waals surface area contributed by atoms with Gasteiger partial charge in [0.2, 0.25) is 11.9 Å². The third kappa shape index (κ3) is 6.30. The third-order valence-corrected chi connectivity index (χ3v) is 5.31. The van der Waals surface area contributed by atoms with Crippen LogP contribution in [0, 0.1) is 0 Å². The van der Waals surface area contributed by atoms with E-state index < -0.39 is 6.23 Å². The number of benzene rings is 3. The highest BCUT2D eigenvalue weighted by molar-refractivity contribution is 6.30. The van der Waals surface area contributed by atoms with Crippen LogP contribution in [-0.2, 0) is 9.53 Å². The van der Waals surface area contributed by atoms with E-state index in [0.29, 0.717) is 28.1 Å². The van der Waals surface area contributed by atoms with Gasteiger partial charge in [-0.1, -0.05) is 29.8 Å². The number of amides is 1. The number of aromatic nitrogens is 2. The molecule has 10 heteroatoms. The quantitative estimate of drug-likeness (QED) is 0.249. The van der Waals surface area contributed by atoms with Crippen LogP contribution in [-0.4, -0.2) is 30.1 Å². The highest BCUT2D eigenvalue weighted by Gasteiger charge is 2.14. The monoisotopic (exact) mass is 513 g/mol. The van der Waals surface area contributed by atoms with E-state index in [1.807, 2.05) is 66.7 Å². The highest BCUT2D eigenvalue weighted by Crippen LogP contribution is 2.32. The molecule has 0 aliphatic heterocycles. The summed E-state index contributed by atoms with van der Waals surface area (Å²) < 4.78 is 10.9. The van der Waals surface area contributed by atoms with Gasteiger partial charge in [-0.15, -0.1) is 12.4 Å². The average molecular weight is 514 g/mol. The highest BCUT2D eigenvalue weighted by atomic mass is 35.5. The number of anilines is 4. The normalized spacial score (nSPS) is 11.3. The molecule has 35 heavy (non-hydrogen) atoms. The van der Waals surface area contributed by atoms with Crippen LogP contribution in [0.2, 0.25) is 5.02 Å². The maximum atomic E-state index is 11.4. The first-order valence-electron chi connectivity index (χ1n) is 10.5. The summed E-state index contributed by atoms with van der Waals surface area (Å²) in [4.78, 5) is 20.8. The van der Waals surface area contributed by atoms with Gasteiger partial charge < -0.3 is 25.4 Å². The van der Waals surface area contributed by atoms with Crippen molar-refractivity contribution in [3.8, 4) is 5.75 Å². The summed E-state index contributed by atoms with van der Waals surface area (Å²) in [6.07, 6.45) is -0.525. The predicted octanol–water partition coefficient (Wildman–Crippen LogP) is 5.98. The van der Waals surface area contributed by atoms with Crippen molar-refractivity contribution in [1.29, 1.82) is 0 Å². The van der Waals surface area contributed by atoms with Crippen molar-refractivity contribution in [2.24, 2.45) is 0 Å². The molecule has 0 aliphatic rings. The summed E-state index contributed by atoms with van der Waals surface area (Å²) in [6, 6.07) is 20.5. The van der Waals surface area contributed by atoms with Crippen molar-refractivity contribution in [1.82, 2.24) is 15.3 Å². The number of hydrogen-bond donors (Lipinski definition) is 3. The maximum Gasteiger partial charge on any atom is 0.229 e. The van der Waals surface area contributed by atoms with Crippen LogP contribution in [0.25, 0.3) is 10.9 Å². The topological polar surface area (TPSA) is 97.4 Å². The van der Waals surface area contributed by atoms with Gasteiger partial charge in [0.15, 0.2) is 6.23 Å². The largest absolute Gasteiger partial charge is 0.494 e. The summed E-state index contributed by atoms with van der Waals surface area (Å²) >= 11 is 6.02. The number of ether oxygens (including phenoxy) is 2. The molecule has 4 aromatic rings. The van der Waals surface area contributed by atoms with Crippen LogP contribution in [0.15, 0.2) is 66.7 Å². The Labute approximate surface area is 214 Å². The molecule has 0 fully saturated rings. The molecule has 0 radical (unpaired) electrons. The molecule has 0 bridgehead atoms. The number of para-hydroxylation sites is 1. The summed E-state index contributed by atoms with van der Waals surface area (Å²) in [6.45, 7) is 1.45. The smallest absolute Gasteiger partial charge is 0.229 e. The average Bonchev–Trinajstić information content (AvgIpc) is 2.84. The molecule has 1 amide bonds. The van der Waals surface area contributed by atoms with Crippen LogP contribution in [0.3, 0.4) is 0 Å². The van der Waals surface area contributed by atoms with Gasteiger partial charge >= 0.3 is 0 Å². The van der Waals surface area contributed by atoms with Crippen molar-refractivity contribution in [3.05, 3.63) is 77.3 Å². The fourth-order valence-electron chi connectivity index (χ4n) is 3.44. The first-order chi connectivity index (χ1) is 16.5.